The van der Waals surface area contributed by atoms with Gasteiger partial charge in [0, 0.05) is 20.4 Å². The largest absolute Gasteiger partial charge is 0.382 e. The molecular formula is C10H20N6O. The van der Waals surface area contributed by atoms with Gasteiger partial charge < -0.3 is 10.1 Å². The minimum atomic E-state index is 0.0236. The highest BCUT2D eigenvalue weighted by molar-refractivity contribution is 5.93. The summed E-state index contributed by atoms with van der Waals surface area (Å²) in [6.07, 6.45) is 1.86. The summed E-state index contributed by atoms with van der Waals surface area (Å²) in [6, 6.07) is 0.0236. The van der Waals surface area contributed by atoms with Crippen LogP contribution in [0.25, 0.3) is 0 Å². The molecule has 4 N–H and O–H groups in total. The van der Waals surface area contributed by atoms with Crippen LogP contribution in [0.15, 0.2) is 11.2 Å². The number of aliphatic imine (C=N–C) groups is 1. The molecule has 1 aromatic heterocycles. The SMILES string of the molecule is COCC(C)N=C(NN)Nc1cn(C)nc1C. The number of nitrogens with zero attached hydrogens (tertiary/aromatic N) is 3. The van der Waals surface area contributed by atoms with Gasteiger partial charge in [0.2, 0.25) is 5.96 Å². The summed E-state index contributed by atoms with van der Waals surface area (Å²) < 4.78 is 6.73. The number of methoxy groups -OCH3 is 1. The number of anilines is 1. The van der Waals surface area contributed by atoms with Crippen LogP contribution in [0.4, 0.5) is 5.69 Å². The Morgan fingerprint density at radius 1 is 1.71 bits per heavy atom. The number of hydrogen-bond acceptors (Lipinski definition) is 4. The lowest BCUT2D eigenvalue weighted by atomic mass is 10.4. The van der Waals surface area contributed by atoms with E-state index >= 15 is 0 Å². The molecule has 1 unspecified atom stereocenters. The quantitative estimate of drug-likeness (QED) is 0.298. The van der Waals surface area contributed by atoms with Crippen molar-refractivity contribution in [1.82, 2.24) is 15.2 Å². The first-order chi connectivity index (χ1) is 8.06. The standard InChI is InChI=1S/C10H20N6O/c1-7(6-17-4)12-10(14-11)13-9-5-16(3)15-8(9)2/h5,7H,6,11H2,1-4H3,(H2,12,13,14). The van der Waals surface area contributed by atoms with Crippen molar-refractivity contribution in [3.05, 3.63) is 11.9 Å². The zero-order valence-electron chi connectivity index (χ0n) is 10.7. The second-order valence-electron chi connectivity index (χ2n) is 3.85. The van der Waals surface area contributed by atoms with Crippen molar-refractivity contribution in [3.8, 4) is 0 Å². The smallest absolute Gasteiger partial charge is 0.210 e. The lowest BCUT2D eigenvalue weighted by Gasteiger charge is -2.11. The van der Waals surface area contributed by atoms with E-state index in [9.17, 15) is 0 Å². The molecule has 0 aliphatic carbocycles. The Kier molecular flexibility index (Phi) is 4.92. The van der Waals surface area contributed by atoms with Crippen LogP contribution in [0.3, 0.4) is 0 Å². The fourth-order valence-corrected chi connectivity index (χ4v) is 1.45. The summed E-state index contributed by atoms with van der Waals surface area (Å²) in [4.78, 5) is 4.34. The Hall–Kier alpha value is -1.60. The Morgan fingerprint density at radius 2 is 2.41 bits per heavy atom. The summed E-state index contributed by atoms with van der Waals surface area (Å²) >= 11 is 0. The van der Waals surface area contributed by atoms with Gasteiger partial charge in [-0.3, -0.25) is 10.1 Å². The van der Waals surface area contributed by atoms with Crippen molar-refractivity contribution < 1.29 is 4.74 Å². The number of nitrogens with one attached hydrogen (secondary N) is 2. The molecule has 0 amide bonds. The highest BCUT2D eigenvalue weighted by atomic mass is 16.5. The average Bonchev–Trinajstić information content (AvgIpc) is 2.56. The monoisotopic (exact) mass is 240 g/mol. The van der Waals surface area contributed by atoms with E-state index in [4.69, 9.17) is 10.6 Å². The zero-order valence-corrected chi connectivity index (χ0v) is 10.7. The lowest BCUT2D eigenvalue weighted by Crippen LogP contribution is -2.37. The third-order valence-electron chi connectivity index (χ3n) is 2.16. The topological polar surface area (TPSA) is 89.5 Å². The first kappa shape index (κ1) is 13.5. The summed E-state index contributed by atoms with van der Waals surface area (Å²) in [5.74, 6) is 5.90. The molecule has 1 atom stereocenters. The number of hydrogen-bond donors (Lipinski definition) is 3. The maximum absolute atomic E-state index is 5.41. The van der Waals surface area contributed by atoms with Gasteiger partial charge in [-0.05, 0) is 13.8 Å². The molecule has 7 nitrogen and oxygen atoms in total. The number of aryl methyl sites for hydroxylation is 2. The molecule has 0 bridgehead atoms. The molecule has 0 aromatic carbocycles. The minimum Gasteiger partial charge on any atom is -0.382 e. The van der Waals surface area contributed by atoms with E-state index in [1.807, 2.05) is 27.1 Å². The van der Waals surface area contributed by atoms with Gasteiger partial charge in [-0.25, -0.2) is 10.8 Å². The van der Waals surface area contributed by atoms with Crippen molar-refractivity contribution in [1.29, 1.82) is 0 Å². The Bertz CT molecular complexity index is 386. The molecule has 17 heavy (non-hydrogen) atoms. The summed E-state index contributed by atoms with van der Waals surface area (Å²) in [5.41, 5.74) is 4.28. The average molecular weight is 240 g/mol. The Labute approximate surface area is 101 Å². The molecule has 7 heteroatoms. The van der Waals surface area contributed by atoms with Crippen LogP contribution in [-0.4, -0.2) is 35.5 Å². The number of ether oxygens (including phenoxy) is 1. The highest BCUT2D eigenvalue weighted by Gasteiger charge is 2.06. The van der Waals surface area contributed by atoms with Gasteiger partial charge in [0.05, 0.1) is 24.0 Å². The maximum atomic E-state index is 5.41. The van der Waals surface area contributed by atoms with Crippen molar-refractivity contribution in [2.45, 2.75) is 19.9 Å². The summed E-state index contributed by atoms with van der Waals surface area (Å²) in [7, 11) is 3.50. The minimum absolute atomic E-state index is 0.0236. The van der Waals surface area contributed by atoms with Crippen LogP contribution in [-0.2, 0) is 11.8 Å². The highest BCUT2D eigenvalue weighted by Crippen LogP contribution is 2.10. The van der Waals surface area contributed by atoms with Gasteiger partial charge in [-0.1, -0.05) is 0 Å². The maximum Gasteiger partial charge on any atom is 0.210 e. The van der Waals surface area contributed by atoms with Crippen LogP contribution in [0, 0.1) is 6.92 Å². The molecule has 0 aliphatic rings. The van der Waals surface area contributed by atoms with Gasteiger partial charge in [-0.2, -0.15) is 5.10 Å². The van der Waals surface area contributed by atoms with Gasteiger partial charge in [0.15, 0.2) is 0 Å². The fourth-order valence-electron chi connectivity index (χ4n) is 1.45. The first-order valence-corrected chi connectivity index (χ1v) is 5.37. The molecule has 0 saturated heterocycles. The fraction of sp³-hybridized carbons (Fsp3) is 0.600. The van der Waals surface area contributed by atoms with E-state index in [2.05, 4.69) is 20.8 Å². The number of rotatable bonds is 4. The number of nitrogens with two attached hydrogens (primary N) is 1. The third-order valence-corrected chi connectivity index (χ3v) is 2.16. The normalized spacial score (nSPS) is 13.6. The second-order valence-corrected chi connectivity index (χ2v) is 3.85. The predicted octanol–water partition coefficient (Wildman–Crippen LogP) is -0.00538. The molecule has 0 spiro atoms. The molecule has 1 heterocycles. The second kappa shape index (κ2) is 6.21. The Morgan fingerprint density at radius 3 is 2.88 bits per heavy atom. The number of hydrazine groups is 1. The van der Waals surface area contributed by atoms with Crippen molar-refractivity contribution in [2.24, 2.45) is 17.9 Å². The van der Waals surface area contributed by atoms with Crippen LogP contribution >= 0.6 is 0 Å². The molecule has 0 fully saturated rings. The van der Waals surface area contributed by atoms with Crippen LogP contribution in [0.2, 0.25) is 0 Å². The molecule has 1 aromatic rings. The number of guanidine groups is 1. The zero-order chi connectivity index (χ0) is 12.8. The van der Waals surface area contributed by atoms with E-state index < -0.39 is 0 Å². The predicted molar refractivity (Wildman–Crippen MR) is 67.7 cm³/mol. The molecule has 0 radical (unpaired) electrons. The van der Waals surface area contributed by atoms with Gasteiger partial charge >= 0.3 is 0 Å². The van der Waals surface area contributed by atoms with Crippen molar-refractivity contribution >= 4 is 11.6 Å². The lowest BCUT2D eigenvalue weighted by molar-refractivity contribution is 0.185. The van der Waals surface area contributed by atoms with Gasteiger partial charge in [0.25, 0.3) is 0 Å². The van der Waals surface area contributed by atoms with E-state index in [1.165, 1.54) is 0 Å². The van der Waals surface area contributed by atoms with Crippen molar-refractivity contribution in [2.75, 3.05) is 19.0 Å². The molecule has 96 valence electrons. The van der Waals surface area contributed by atoms with Crippen LogP contribution in [0.5, 0.6) is 0 Å². The summed E-state index contributed by atoms with van der Waals surface area (Å²) in [6.45, 7) is 4.40. The number of aromatic nitrogens is 2. The Balaban J connectivity index is 2.72. The van der Waals surface area contributed by atoms with Gasteiger partial charge in [-0.15, -0.1) is 0 Å². The van der Waals surface area contributed by atoms with Gasteiger partial charge in [0.1, 0.15) is 0 Å². The van der Waals surface area contributed by atoms with E-state index in [0.717, 1.165) is 11.4 Å². The van der Waals surface area contributed by atoms with Crippen LogP contribution < -0.4 is 16.6 Å². The van der Waals surface area contributed by atoms with Crippen LogP contribution in [0.1, 0.15) is 12.6 Å². The first-order valence-electron chi connectivity index (χ1n) is 5.37. The molecular weight excluding hydrogens is 220 g/mol. The third kappa shape index (κ3) is 4.04. The molecule has 0 aliphatic heterocycles. The molecule has 0 saturated carbocycles. The van der Waals surface area contributed by atoms with E-state index in [1.54, 1.807) is 11.8 Å². The van der Waals surface area contributed by atoms with E-state index in [-0.39, 0.29) is 6.04 Å². The summed E-state index contributed by atoms with van der Waals surface area (Å²) in [5, 5.41) is 7.30. The molecule has 1 rings (SSSR count). The van der Waals surface area contributed by atoms with Crippen molar-refractivity contribution in [3.63, 3.8) is 0 Å². The van der Waals surface area contributed by atoms with E-state index in [0.29, 0.717) is 12.6 Å².